The van der Waals surface area contributed by atoms with Crippen molar-refractivity contribution in [2.24, 2.45) is 35.3 Å². The van der Waals surface area contributed by atoms with Crippen LogP contribution >= 0.6 is 0 Å². The molecular formula is C16H26N4. The van der Waals surface area contributed by atoms with E-state index in [2.05, 4.69) is 24.0 Å². The monoisotopic (exact) mass is 274 g/mol. The molecule has 4 aliphatic rings. The highest BCUT2D eigenvalue weighted by atomic mass is 15.2. The average molecular weight is 274 g/mol. The summed E-state index contributed by atoms with van der Waals surface area (Å²) in [6, 6.07) is -0.0446. The molecule has 4 fully saturated rings. The van der Waals surface area contributed by atoms with E-state index in [1.54, 1.807) is 0 Å². The Labute approximate surface area is 120 Å². The van der Waals surface area contributed by atoms with E-state index in [-0.39, 0.29) is 6.04 Å². The van der Waals surface area contributed by atoms with Crippen LogP contribution in [0.15, 0.2) is 0 Å². The maximum Gasteiger partial charge on any atom is 0.167 e. The van der Waals surface area contributed by atoms with E-state index in [9.17, 15) is 0 Å². The lowest BCUT2D eigenvalue weighted by Crippen LogP contribution is -2.44. The topological polar surface area (TPSA) is 67.6 Å². The van der Waals surface area contributed by atoms with Crippen LogP contribution in [0, 0.1) is 29.6 Å². The van der Waals surface area contributed by atoms with Gasteiger partial charge in [-0.3, -0.25) is 5.10 Å². The molecule has 0 saturated heterocycles. The summed E-state index contributed by atoms with van der Waals surface area (Å²) in [6.45, 7) is 4.26. The first-order chi connectivity index (χ1) is 9.61. The van der Waals surface area contributed by atoms with E-state index in [4.69, 9.17) is 10.7 Å². The second-order valence-electron chi connectivity index (χ2n) is 7.81. The minimum atomic E-state index is -0.0446. The van der Waals surface area contributed by atoms with Gasteiger partial charge in [0.1, 0.15) is 5.82 Å². The van der Waals surface area contributed by atoms with Gasteiger partial charge in [-0.05, 0) is 61.7 Å². The lowest BCUT2D eigenvalue weighted by atomic mass is 9.52. The highest BCUT2D eigenvalue weighted by Gasteiger charge is 2.49. The Morgan fingerprint density at radius 1 is 1.05 bits per heavy atom. The first-order valence-electron chi connectivity index (χ1n) is 8.29. The Kier molecular flexibility index (Phi) is 2.92. The molecule has 4 aliphatic carbocycles. The Hall–Kier alpha value is -0.900. The van der Waals surface area contributed by atoms with Gasteiger partial charge >= 0.3 is 0 Å². The molecule has 110 valence electrons. The summed E-state index contributed by atoms with van der Waals surface area (Å²) in [5, 5.41) is 7.64. The van der Waals surface area contributed by atoms with E-state index in [1.807, 2.05) is 0 Å². The standard InChI is InChI=1S/C16H26N4/c1-8(2)14(17)16-18-15(19-20-16)13-11-4-9-3-10(6-11)7-12(13)5-9/h8-14H,3-7,17H2,1-2H3,(H,18,19,20). The second-order valence-corrected chi connectivity index (χ2v) is 7.81. The first-order valence-corrected chi connectivity index (χ1v) is 8.29. The number of aromatic nitrogens is 3. The molecule has 0 radical (unpaired) electrons. The van der Waals surface area contributed by atoms with Crippen molar-refractivity contribution in [3.8, 4) is 0 Å². The minimum Gasteiger partial charge on any atom is -0.321 e. The summed E-state index contributed by atoms with van der Waals surface area (Å²) in [6.07, 6.45) is 7.18. The van der Waals surface area contributed by atoms with Gasteiger partial charge in [0.05, 0.1) is 6.04 Å². The van der Waals surface area contributed by atoms with Crippen molar-refractivity contribution in [3.63, 3.8) is 0 Å². The molecule has 4 nitrogen and oxygen atoms in total. The van der Waals surface area contributed by atoms with Gasteiger partial charge in [0, 0.05) is 5.92 Å². The molecule has 0 amide bonds. The number of nitrogens with two attached hydrogens (primary N) is 1. The third-order valence-electron chi connectivity index (χ3n) is 6.08. The van der Waals surface area contributed by atoms with Crippen LogP contribution in [0.1, 0.15) is 69.6 Å². The maximum atomic E-state index is 6.18. The fourth-order valence-corrected chi connectivity index (χ4v) is 5.26. The van der Waals surface area contributed by atoms with Crippen LogP contribution in [-0.4, -0.2) is 15.2 Å². The molecule has 4 saturated carbocycles. The predicted octanol–water partition coefficient (Wildman–Crippen LogP) is 3.00. The molecule has 1 aromatic heterocycles. The second kappa shape index (κ2) is 4.55. The van der Waals surface area contributed by atoms with Gasteiger partial charge < -0.3 is 5.73 Å². The van der Waals surface area contributed by atoms with E-state index in [0.717, 1.165) is 35.3 Å². The van der Waals surface area contributed by atoms with Crippen LogP contribution in [0.25, 0.3) is 0 Å². The van der Waals surface area contributed by atoms with Crippen molar-refractivity contribution in [2.75, 3.05) is 0 Å². The number of nitrogens with zero attached hydrogens (tertiary/aromatic N) is 2. The molecule has 0 spiro atoms. The quantitative estimate of drug-likeness (QED) is 0.890. The maximum absolute atomic E-state index is 6.18. The van der Waals surface area contributed by atoms with Crippen LogP contribution in [0.3, 0.4) is 0 Å². The molecule has 5 rings (SSSR count). The summed E-state index contributed by atoms with van der Waals surface area (Å²) in [5.41, 5.74) is 6.18. The van der Waals surface area contributed by atoms with Gasteiger partial charge in [-0.15, -0.1) is 0 Å². The van der Waals surface area contributed by atoms with Gasteiger partial charge in [-0.1, -0.05) is 13.8 Å². The highest BCUT2D eigenvalue weighted by molar-refractivity contribution is 5.11. The first kappa shape index (κ1) is 12.8. The lowest BCUT2D eigenvalue weighted by Gasteiger charge is -2.53. The molecule has 20 heavy (non-hydrogen) atoms. The average Bonchev–Trinajstić information content (AvgIpc) is 2.85. The number of hydrogen-bond acceptors (Lipinski definition) is 3. The summed E-state index contributed by atoms with van der Waals surface area (Å²) in [4.78, 5) is 4.79. The molecule has 1 atom stereocenters. The Morgan fingerprint density at radius 3 is 2.20 bits per heavy atom. The lowest BCUT2D eigenvalue weighted by molar-refractivity contribution is -0.00556. The van der Waals surface area contributed by atoms with E-state index < -0.39 is 0 Å². The summed E-state index contributed by atoms with van der Waals surface area (Å²) < 4.78 is 0. The van der Waals surface area contributed by atoms with Crippen LogP contribution < -0.4 is 5.73 Å². The van der Waals surface area contributed by atoms with Crippen molar-refractivity contribution in [3.05, 3.63) is 11.6 Å². The third-order valence-corrected chi connectivity index (χ3v) is 6.08. The third kappa shape index (κ3) is 1.92. The summed E-state index contributed by atoms with van der Waals surface area (Å²) in [7, 11) is 0. The molecular weight excluding hydrogens is 248 g/mol. The number of hydrogen-bond donors (Lipinski definition) is 2. The van der Waals surface area contributed by atoms with Gasteiger partial charge in [0.15, 0.2) is 5.82 Å². The van der Waals surface area contributed by atoms with Gasteiger partial charge in [-0.25, -0.2) is 4.98 Å². The summed E-state index contributed by atoms with van der Waals surface area (Å²) in [5.74, 6) is 6.67. The molecule has 1 unspecified atom stereocenters. The van der Waals surface area contributed by atoms with Crippen LogP contribution in [0.5, 0.6) is 0 Å². The molecule has 1 aromatic rings. The van der Waals surface area contributed by atoms with Crippen molar-refractivity contribution in [2.45, 2.75) is 57.9 Å². The number of nitrogens with one attached hydrogen (secondary N) is 1. The smallest absolute Gasteiger partial charge is 0.167 e. The van der Waals surface area contributed by atoms with Crippen molar-refractivity contribution in [1.29, 1.82) is 0 Å². The van der Waals surface area contributed by atoms with Crippen molar-refractivity contribution < 1.29 is 0 Å². The van der Waals surface area contributed by atoms with Crippen LogP contribution in [0.2, 0.25) is 0 Å². The minimum absolute atomic E-state index is 0.0446. The fraction of sp³-hybridized carbons (Fsp3) is 0.875. The molecule has 1 heterocycles. The zero-order chi connectivity index (χ0) is 13.9. The number of rotatable bonds is 3. The predicted molar refractivity (Wildman–Crippen MR) is 77.9 cm³/mol. The Bertz CT molecular complexity index is 464. The van der Waals surface area contributed by atoms with Crippen molar-refractivity contribution >= 4 is 0 Å². The van der Waals surface area contributed by atoms with E-state index in [1.165, 1.54) is 32.1 Å². The van der Waals surface area contributed by atoms with Gasteiger partial charge in [0.25, 0.3) is 0 Å². The van der Waals surface area contributed by atoms with E-state index in [0.29, 0.717) is 11.8 Å². The SMILES string of the molecule is CC(C)C(N)c1n[nH]c(C2C3CC4CC(C3)CC2C4)n1. The number of aromatic amines is 1. The fourth-order valence-electron chi connectivity index (χ4n) is 5.26. The highest BCUT2D eigenvalue weighted by Crippen LogP contribution is 2.59. The van der Waals surface area contributed by atoms with Gasteiger partial charge in [-0.2, -0.15) is 5.10 Å². The molecule has 3 N–H and O–H groups in total. The summed E-state index contributed by atoms with van der Waals surface area (Å²) >= 11 is 0. The Morgan fingerprint density at radius 2 is 1.65 bits per heavy atom. The molecule has 0 aliphatic heterocycles. The number of H-pyrrole nitrogens is 1. The normalized spacial score (nSPS) is 40.5. The Balaban J connectivity index is 1.59. The zero-order valence-electron chi connectivity index (χ0n) is 12.5. The van der Waals surface area contributed by atoms with Crippen LogP contribution in [0.4, 0.5) is 0 Å². The molecule has 4 bridgehead atoms. The van der Waals surface area contributed by atoms with E-state index >= 15 is 0 Å². The zero-order valence-corrected chi connectivity index (χ0v) is 12.5. The van der Waals surface area contributed by atoms with Gasteiger partial charge in [0.2, 0.25) is 0 Å². The largest absolute Gasteiger partial charge is 0.321 e. The van der Waals surface area contributed by atoms with Crippen molar-refractivity contribution in [1.82, 2.24) is 15.2 Å². The molecule has 4 heteroatoms. The van der Waals surface area contributed by atoms with Crippen LogP contribution in [-0.2, 0) is 0 Å². The molecule has 0 aromatic carbocycles.